The highest BCUT2D eigenvalue weighted by Crippen LogP contribution is 2.54. The van der Waals surface area contributed by atoms with Crippen LogP contribution >= 0.6 is 7.82 Å². The lowest BCUT2D eigenvalue weighted by Crippen LogP contribution is -2.22. The van der Waals surface area contributed by atoms with Crippen LogP contribution in [-0.4, -0.2) is 12.2 Å². The first-order valence-electron chi connectivity index (χ1n) is 9.36. The van der Waals surface area contributed by atoms with Crippen molar-refractivity contribution in [3.8, 4) is 5.75 Å². The number of benzene rings is 1. The maximum absolute atomic E-state index is 13.3. The molecule has 2 fully saturated rings. The quantitative estimate of drug-likeness (QED) is 0.573. The van der Waals surface area contributed by atoms with E-state index in [-0.39, 0.29) is 12.2 Å². The highest BCUT2D eigenvalue weighted by molar-refractivity contribution is 7.49. The second-order valence-corrected chi connectivity index (χ2v) is 8.58. The van der Waals surface area contributed by atoms with Crippen LogP contribution in [0.15, 0.2) is 24.3 Å². The molecule has 0 amide bonds. The molecule has 0 aromatic heterocycles. The predicted molar refractivity (Wildman–Crippen MR) is 95.3 cm³/mol. The third-order valence-electron chi connectivity index (χ3n) is 4.90. The molecule has 4 nitrogen and oxygen atoms in total. The summed E-state index contributed by atoms with van der Waals surface area (Å²) in [6.45, 7) is 2.01. The van der Waals surface area contributed by atoms with Crippen molar-refractivity contribution in [1.29, 1.82) is 0 Å². The number of rotatable bonds is 6. The third-order valence-corrected chi connectivity index (χ3v) is 6.45. The van der Waals surface area contributed by atoms with Gasteiger partial charge < -0.3 is 4.52 Å². The summed E-state index contributed by atoms with van der Waals surface area (Å²) in [5, 5.41) is 0. The normalized spacial score (nSPS) is 20.9. The van der Waals surface area contributed by atoms with Gasteiger partial charge in [0.2, 0.25) is 0 Å². The van der Waals surface area contributed by atoms with Crippen molar-refractivity contribution in [1.82, 2.24) is 0 Å². The number of hydrogen-bond acceptors (Lipinski definition) is 4. The Morgan fingerprint density at radius 3 is 1.71 bits per heavy atom. The van der Waals surface area contributed by atoms with Crippen molar-refractivity contribution >= 4 is 7.82 Å². The molecule has 2 saturated carbocycles. The standard InChI is InChI=1S/C19H29O4P/c1-16-12-14-19(15-13-16)23-24(20,21-17-8-4-2-5-9-17)22-18-10-6-3-7-11-18/h12-15,17-18H,2-11H2,1H3. The Hall–Kier alpha value is -0.830. The average molecular weight is 352 g/mol. The summed E-state index contributed by atoms with van der Waals surface area (Å²) in [6.07, 6.45) is 10.7. The van der Waals surface area contributed by atoms with Crippen LogP contribution in [0.4, 0.5) is 0 Å². The zero-order chi connectivity index (χ0) is 16.8. The van der Waals surface area contributed by atoms with Crippen molar-refractivity contribution in [2.75, 3.05) is 0 Å². The monoisotopic (exact) mass is 352 g/mol. The van der Waals surface area contributed by atoms with E-state index in [0.29, 0.717) is 5.75 Å². The molecule has 0 N–H and O–H groups in total. The lowest BCUT2D eigenvalue weighted by Gasteiger charge is -2.30. The van der Waals surface area contributed by atoms with E-state index in [2.05, 4.69) is 0 Å². The Bertz CT molecular complexity index is 521. The maximum Gasteiger partial charge on any atom is 0.530 e. The summed E-state index contributed by atoms with van der Waals surface area (Å²) in [4.78, 5) is 0. The largest absolute Gasteiger partial charge is 0.530 e. The molecule has 0 spiro atoms. The van der Waals surface area contributed by atoms with Gasteiger partial charge in [-0.1, -0.05) is 56.2 Å². The molecule has 1 aromatic carbocycles. The number of phosphoric acid groups is 1. The fraction of sp³-hybridized carbons (Fsp3) is 0.684. The summed E-state index contributed by atoms with van der Waals surface area (Å²) < 4.78 is 31.0. The molecule has 0 heterocycles. The van der Waals surface area contributed by atoms with Crippen LogP contribution in [0.25, 0.3) is 0 Å². The van der Waals surface area contributed by atoms with E-state index in [0.717, 1.165) is 56.9 Å². The molecule has 0 bridgehead atoms. The molecule has 5 heteroatoms. The molecule has 24 heavy (non-hydrogen) atoms. The van der Waals surface area contributed by atoms with E-state index in [4.69, 9.17) is 13.6 Å². The lowest BCUT2D eigenvalue weighted by molar-refractivity contribution is 0.0514. The smallest absolute Gasteiger partial charge is 0.404 e. The van der Waals surface area contributed by atoms with Gasteiger partial charge in [-0.2, -0.15) is 0 Å². The van der Waals surface area contributed by atoms with Crippen molar-refractivity contribution in [2.24, 2.45) is 0 Å². The van der Waals surface area contributed by atoms with E-state index >= 15 is 0 Å². The van der Waals surface area contributed by atoms with Gasteiger partial charge in [-0.25, -0.2) is 4.57 Å². The van der Waals surface area contributed by atoms with Crippen molar-refractivity contribution in [3.05, 3.63) is 29.8 Å². The van der Waals surface area contributed by atoms with Gasteiger partial charge >= 0.3 is 7.82 Å². The highest BCUT2D eigenvalue weighted by atomic mass is 31.2. The van der Waals surface area contributed by atoms with Crippen LogP contribution in [-0.2, 0) is 13.6 Å². The van der Waals surface area contributed by atoms with E-state index < -0.39 is 7.82 Å². The first-order chi connectivity index (χ1) is 11.6. The molecule has 0 aliphatic heterocycles. The van der Waals surface area contributed by atoms with Crippen LogP contribution < -0.4 is 4.52 Å². The Balaban J connectivity index is 1.70. The van der Waals surface area contributed by atoms with E-state index in [1.54, 1.807) is 0 Å². The average Bonchev–Trinajstić information content (AvgIpc) is 2.58. The summed E-state index contributed by atoms with van der Waals surface area (Å²) in [5.74, 6) is 0.551. The third kappa shape index (κ3) is 5.34. The first-order valence-corrected chi connectivity index (χ1v) is 10.8. The van der Waals surface area contributed by atoms with Crippen LogP contribution in [0.1, 0.15) is 69.8 Å². The van der Waals surface area contributed by atoms with Gasteiger partial charge in [0, 0.05) is 0 Å². The Kier molecular flexibility index (Phi) is 6.37. The van der Waals surface area contributed by atoms with Gasteiger partial charge in [0.1, 0.15) is 5.75 Å². The molecule has 134 valence electrons. The minimum atomic E-state index is -3.59. The first kappa shape index (κ1) is 18.0. The van der Waals surface area contributed by atoms with E-state index in [1.165, 1.54) is 12.8 Å². The molecule has 0 radical (unpaired) electrons. The lowest BCUT2D eigenvalue weighted by atomic mass is 9.98. The fourth-order valence-electron chi connectivity index (χ4n) is 3.50. The zero-order valence-electron chi connectivity index (χ0n) is 14.6. The van der Waals surface area contributed by atoms with E-state index in [1.807, 2.05) is 31.2 Å². The van der Waals surface area contributed by atoms with Crippen LogP contribution in [0.3, 0.4) is 0 Å². The molecular formula is C19H29O4P. The summed E-state index contributed by atoms with van der Waals surface area (Å²) in [6, 6.07) is 7.55. The Morgan fingerprint density at radius 2 is 1.25 bits per heavy atom. The molecule has 0 atom stereocenters. The molecule has 3 rings (SSSR count). The molecule has 1 aromatic rings. The molecule has 0 unspecified atom stereocenters. The van der Waals surface area contributed by atoms with Crippen LogP contribution in [0, 0.1) is 6.92 Å². The summed E-state index contributed by atoms with van der Waals surface area (Å²) in [7, 11) is -3.59. The van der Waals surface area contributed by atoms with Gasteiger partial charge in [0.15, 0.2) is 0 Å². The van der Waals surface area contributed by atoms with Gasteiger partial charge in [-0.05, 0) is 44.7 Å². The SMILES string of the molecule is Cc1ccc(OP(=O)(OC2CCCCC2)OC2CCCCC2)cc1. The minimum Gasteiger partial charge on any atom is -0.404 e. The molecule has 2 aliphatic carbocycles. The van der Waals surface area contributed by atoms with E-state index in [9.17, 15) is 4.57 Å². The minimum absolute atomic E-state index is 0.0152. The summed E-state index contributed by atoms with van der Waals surface area (Å²) >= 11 is 0. The van der Waals surface area contributed by atoms with Crippen molar-refractivity contribution in [2.45, 2.75) is 83.3 Å². The van der Waals surface area contributed by atoms with Gasteiger partial charge in [0.25, 0.3) is 0 Å². The topological polar surface area (TPSA) is 44.8 Å². The van der Waals surface area contributed by atoms with Gasteiger partial charge in [-0.15, -0.1) is 0 Å². The number of phosphoric ester groups is 1. The fourth-order valence-corrected chi connectivity index (χ4v) is 5.17. The number of hydrogen-bond donors (Lipinski definition) is 0. The zero-order valence-corrected chi connectivity index (χ0v) is 15.5. The maximum atomic E-state index is 13.3. The van der Waals surface area contributed by atoms with Crippen LogP contribution in [0.2, 0.25) is 0 Å². The van der Waals surface area contributed by atoms with Crippen molar-refractivity contribution in [3.63, 3.8) is 0 Å². The Morgan fingerprint density at radius 1 is 0.792 bits per heavy atom. The Labute approximate surface area is 145 Å². The van der Waals surface area contributed by atoms with Crippen LogP contribution in [0.5, 0.6) is 5.75 Å². The predicted octanol–water partition coefficient (Wildman–Crippen LogP) is 6.18. The van der Waals surface area contributed by atoms with Gasteiger partial charge in [0.05, 0.1) is 12.2 Å². The molecule has 0 saturated heterocycles. The number of aryl methyl sites for hydroxylation is 1. The van der Waals surface area contributed by atoms with Gasteiger partial charge in [-0.3, -0.25) is 9.05 Å². The second kappa shape index (κ2) is 8.51. The summed E-state index contributed by atoms with van der Waals surface area (Å²) in [5.41, 5.74) is 1.14. The molecule has 2 aliphatic rings. The second-order valence-electron chi connectivity index (χ2n) is 7.08. The van der Waals surface area contributed by atoms with Crippen molar-refractivity contribution < 1.29 is 18.1 Å². The molecular weight excluding hydrogens is 323 g/mol. The highest BCUT2D eigenvalue weighted by Gasteiger charge is 2.36.